The molecule has 2 fully saturated rings. The van der Waals surface area contributed by atoms with Gasteiger partial charge in [0, 0.05) is 30.0 Å². The largest absolute Gasteiger partial charge is 0.397 e. The van der Waals surface area contributed by atoms with Gasteiger partial charge < -0.3 is 25.0 Å². The Balaban J connectivity index is 1.62. The van der Waals surface area contributed by atoms with Crippen LogP contribution in [0.3, 0.4) is 0 Å². The monoisotopic (exact) mass is 485 g/mol. The van der Waals surface area contributed by atoms with Crippen molar-refractivity contribution in [3.63, 3.8) is 0 Å². The van der Waals surface area contributed by atoms with Gasteiger partial charge in [0.25, 0.3) is 0 Å². The molecule has 0 aliphatic carbocycles. The molecule has 2 aliphatic heterocycles. The lowest BCUT2D eigenvalue weighted by Crippen LogP contribution is -2.70. The number of hydrazine groups is 1. The second-order valence-electron chi connectivity index (χ2n) is 8.55. The summed E-state index contributed by atoms with van der Waals surface area (Å²) in [4.78, 5) is 4.92. The number of aryl methyl sites for hydroxylation is 2. The summed E-state index contributed by atoms with van der Waals surface area (Å²) in [6, 6.07) is 6.83. The molecule has 4 rings (SSSR count). The summed E-state index contributed by atoms with van der Waals surface area (Å²) in [6.45, 7) is 5.90. The lowest BCUT2D eigenvalue weighted by Gasteiger charge is -2.53. The predicted molar refractivity (Wildman–Crippen MR) is 127 cm³/mol. The molecule has 0 spiro atoms. The first-order valence-corrected chi connectivity index (χ1v) is 11.7. The number of nitrogens with two attached hydrogens (primary N) is 2. The summed E-state index contributed by atoms with van der Waals surface area (Å²) in [5.74, 6) is 6.15. The molecule has 2 saturated heterocycles. The average Bonchev–Trinajstić information content (AvgIpc) is 2.78. The Kier molecular flexibility index (Phi) is 7.12. The van der Waals surface area contributed by atoms with E-state index in [1.54, 1.807) is 26.4 Å². The number of methoxy groups -OCH3 is 1. The summed E-state index contributed by atoms with van der Waals surface area (Å²) in [5, 5.41) is 10.9. The number of thioether (sulfide) groups is 1. The predicted octanol–water partition coefficient (Wildman–Crippen LogP) is 2.75. The van der Waals surface area contributed by atoms with Crippen LogP contribution in [-0.4, -0.2) is 53.5 Å². The van der Waals surface area contributed by atoms with E-state index in [9.17, 15) is 9.65 Å². The number of rotatable bonds is 6. The van der Waals surface area contributed by atoms with Gasteiger partial charge in [0.15, 0.2) is 5.69 Å². The zero-order chi connectivity index (χ0) is 24.6. The van der Waals surface area contributed by atoms with Crippen LogP contribution in [0.5, 0.6) is 0 Å². The van der Waals surface area contributed by atoms with E-state index in [0.29, 0.717) is 34.0 Å². The first-order chi connectivity index (χ1) is 16.2. The molecule has 2 aliphatic rings. The minimum atomic E-state index is -0.510. The third kappa shape index (κ3) is 4.62. The van der Waals surface area contributed by atoms with Crippen LogP contribution in [0.4, 0.5) is 4.39 Å². The van der Waals surface area contributed by atoms with Crippen LogP contribution < -0.4 is 11.6 Å². The fourth-order valence-electron chi connectivity index (χ4n) is 4.15. The second kappa shape index (κ2) is 9.90. The fourth-order valence-corrected chi connectivity index (χ4v) is 5.47. The van der Waals surface area contributed by atoms with E-state index in [4.69, 9.17) is 25.8 Å². The minimum absolute atomic E-state index is 0.183. The lowest BCUT2D eigenvalue weighted by atomic mass is 9.93. The molecule has 5 atom stereocenters. The molecule has 0 amide bonds. The normalized spacial score (nSPS) is 26.4. The first-order valence-electron chi connectivity index (χ1n) is 10.8. The summed E-state index contributed by atoms with van der Waals surface area (Å²) in [5.41, 5.74) is 9.34. The number of aromatic nitrogens is 1. The highest BCUT2D eigenvalue weighted by atomic mass is 32.2. The number of ether oxygens (including phenoxy) is 3. The van der Waals surface area contributed by atoms with E-state index in [-0.39, 0.29) is 18.0 Å². The summed E-state index contributed by atoms with van der Waals surface area (Å²) in [6.07, 6.45) is 2.21. The highest BCUT2D eigenvalue weighted by Gasteiger charge is 2.53. The molecule has 34 heavy (non-hydrogen) atoms. The van der Waals surface area contributed by atoms with E-state index in [1.807, 2.05) is 26.0 Å². The average molecular weight is 486 g/mol. The Morgan fingerprint density at radius 2 is 2.12 bits per heavy atom. The quantitative estimate of drug-likeness (QED) is 0.470. The Bertz CT molecular complexity index is 1130. The van der Waals surface area contributed by atoms with Crippen molar-refractivity contribution in [3.05, 3.63) is 64.4 Å². The first kappa shape index (κ1) is 24.4. The van der Waals surface area contributed by atoms with Crippen molar-refractivity contribution in [1.82, 2.24) is 9.99 Å². The molecule has 0 radical (unpaired) electrons. The van der Waals surface area contributed by atoms with E-state index in [0.717, 1.165) is 11.1 Å². The number of pyridine rings is 1. The Morgan fingerprint density at radius 3 is 2.74 bits per heavy atom. The van der Waals surface area contributed by atoms with Crippen molar-refractivity contribution in [1.29, 1.82) is 5.26 Å². The zero-order valence-corrected chi connectivity index (χ0v) is 20.3. The Morgan fingerprint density at radius 1 is 1.35 bits per heavy atom. The van der Waals surface area contributed by atoms with Crippen LogP contribution in [0.1, 0.15) is 27.9 Å². The molecule has 1 aromatic heterocycles. The van der Waals surface area contributed by atoms with Gasteiger partial charge in [-0.2, -0.15) is 5.26 Å². The topological polar surface area (TPSA) is 120 Å². The van der Waals surface area contributed by atoms with Crippen molar-refractivity contribution >= 4 is 17.5 Å². The molecule has 0 bridgehead atoms. The molecule has 2 aromatic rings. The fraction of sp³-hybridized carbons (Fsp3) is 0.417. The number of nitrogens with zero attached hydrogens (tertiary/aromatic N) is 3. The number of nitriles is 1. The van der Waals surface area contributed by atoms with Gasteiger partial charge in [0.2, 0.25) is 0 Å². The van der Waals surface area contributed by atoms with Gasteiger partial charge in [-0.15, -0.1) is 0 Å². The van der Waals surface area contributed by atoms with Crippen LogP contribution in [-0.2, 0) is 14.2 Å². The van der Waals surface area contributed by atoms with Crippen molar-refractivity contribution in [2.75, 3.05) is 13.7 Å². The number of hydrogen-bond acceptors (Lipinski definition) is 9. The van der Waals surface area contributed by atoms with Gasteiger partial charge in [-0.25, -0.2) is 15.2 Å². The van der Waals surface area contributed by atoms with E-state index in [1.165, 1.54) is 22.8 Å². The van der Waals surface area contributed by atoms with Crippen molar-refractivity contribution < 1.29 is 18.6 Å². The number of hydrogen-bond donors (Lipinski definition) is 2. The van der Waals surface area contributed by atoms with Gasteiger partial charge in [-0.05, 0) is 55.7 Å². The summed E-state index contributed by atoms with van der Waals surface area (Å²) in [7, 11) is 1.58. The van der Waals surface area contributed by atoms with E-state index < -0.39 is 17.6 Å². The highest BCUT2D eigenvalue weighted by Crippen LogP contribution is 2.41. The molecule has 4 N–H and O–H groups in total. The molecule has 180 valence electrons. The number of halogens is 1. The molecular weight excluding hydrogens is 457 g/mol. The molecular formula is C24H28FN5O3S. The maximum absolute atomic E-state index is 14.3. The number of fused-ring (bicyclic) bond motifs is 1. The molecule has 10 heteroatoms. The molecule has 8 nitrogen and oxygen atoms in total. The standard InChI is InChI=1S/C24H28FN5O3S/c1-12-5-20(18(8-26)29-9-12)34-24-23(31-4)21(22-19(33-24)11-32-22)30(28)10-17(27)15-6-13(2)14(3)16(25)7-15/h5-7,9-10,19,21-24H,11,27-28H2,1-4H3/b17-10-. The summed E-state index contributed by atoms with van der Waals surface area (Å²) >= 11 is 1.37. The van der Waals surface area contributed by atoms with E-state index in [2.05, 4.69) is 11.1 Å². The molecule has 5 unspecified atom stereocenters. The molecule has 1 aromatic carbocycles. The van der Waals surface area contributed by atoms with Crippen LogP contribution >= 0.6 is 11.8 Å². The van der Waals surface area contributed by atoms with Crippen LogP contribution in [0.2, 0.25) is 0 Å². The SMILES string of the molecule is COC1C(Sc2cc(C)cnc2C#N)OC2COC2C1N(N)/C=C(\N)c1cc(C)c(C)c(F)c1. The lowest BCUT2D eigenvalue weighted by molar-refractivity contribution is -0.272. The van der Waals surface area contributed by atoms with Crippen LogP contribution in [0, 0.1) is 37.9 Å². The van der Waals surface area contributed by atoms with Gasteiger partial charge in [-0.3, -0.25) is 0 Å². The van der Waals surface area contributed by atoms with E-state index >= 15 is 0 Å². The second-order valence-corrected chi connectivity index (χ2v) is 9.69. The Hall–Kier alpha value is -2.68. The van der Waals surface area contributed by atoms with Crippen molar-refractivity contribution in [2.24, 2.45) is 11.6 Å². The third-order valence-electron chi connectivity index (χ3n) is 6.25. The maximum atomic E-state index is 14.3. The third-order valence-corrected chi connectivity index (χ3v) is 7.43. The maximum Gasteiger partial charge on any atom is 0.154 e. The Labute approximate surface area is 202 Å². The minimum Gasteiger partial charge on any atom is -0.397 e. The zero-order valence-electron chi connectivity index (χ0n) is 19.5. The van der Waals surface area contributed by atoms with Crippen LogP contribution in [0.25, 0.3) is 5.70 Å². The smallest absolute Gasteiger partial charge is 0.154 e. The molecule has 3 heterocycles. The van der Waals surface area contributed by atoms with Gasteiger partial charge in [0.05, 0.1) is 12.3 Å². The molecule has 0 saturated carbocycles. The van der Waals surface area contributed by atoms with Crippen molar-refractivity contribution in [2.45, 2.75) is 55.5 Å². The van der Waals surface area contributed by atoms with Gasteiger partial charge in [-0.1, -0.05) is 11.8 Å². The highest BCUT2D eigenvalue weighted by molar-refractivity contribution is 7.99. The van der Waals surface area contributed by atoms with Crippen LogP contribution in [0.15, 0.2) is 35.5 Å². The van der Waals surface area contributed by atoms with Crippen molar-refractivity contribution in [3.8, 4) is 6.07 Å². The summed E-state index contributed by atoms with van der Waals surface area (Å²) < 4.78 is 32.1. The van der Waals surface area contributed by atoms with Gasteiger partial charge >= 0.3 is 0 Å². The number of benzene rings is 1. The van der Waals surface area contributed by atoms with Gasteiger partial charge in [0.1, 0.15) is 41.7 Å².